The van der Waals surface area contributed by atoms with Crippen molar-refractivity contribution < 1.29 is 9.47 Å². The summed E-state index contributed by atoms with van der Waals surface area (Å²) < 4.78 is 11.5. The standard InChI is InChI=1S/C19H29N3O2/c1-14-5-8-22(9-6-14)19(20)21-12-16-4-3-15(2)11-18(16)24-17-7-10-23-13-17/h3-4,11,14,17H,5-10,12-13H2,1-2H3,(H2,20,21). The second-order valence-corrected chi connectivity index (χ2v) is 7.06. The summed E-state index contributed by atoms with van der Waals surface area (Å²) in [7, 11) is 0. The van der Waals surface area contributed by atoms with E-state index in [9.17, 15) is 0 Å². The van der Waals surface area contributed by atoms with Crippen LogP contribution in [-0.2, 0) is 11.3 Å². The number of ether oxygens (including phenoxy) is 2. The lowest BCUT2D eigenvalue weighted by Gasteiger charge is -2.31. The van der Waals surface area contributed by atoms with Gasteiger partial charge >= 0.3 is 0 Å². The third-order valence-corrected chi connectivity index (χ3v) is 4.92. The Morgan fingerprint density at radius 3 is 2.83 bits per heavy atom. The minimum atomic E-state index is 0.149. The fourth-order valence-corrected chi connectivity index (χ4v) is 3.19. The van der Waals surface area contributed by atoms with Gasteiger partial charge in [-0.1, -0.05) is 19.1 Å². The van der Waals surface area contributed by atoms with E-state index in [4.69, 9.17) is 15.2 Å². The molecule has 1 aromatic carbocycles. The summed E-state index contributed by atoms with van der Waals surface area (Å²) in [6.45, 7) is 8.40. The molecule has 1 aromatic rings. The van der Waals surface area contributed by atoms with E-state index in [1.165, 1.54) is 18.4 Å². The first kappa shape index (κ1) is 17.1. The highest BCUT2D eigenvalue weighted by Gasteiger charge is 2.19. The van der Waals surface area contributed by atoms with Gasteiger partial charge in [0.2, 0.25) is 0 Å². The number of likely N-dealkylation sites (tertiary alicyclic amines) is 1. The van der Waals surface area contributed by atoms with Crippen LogP contribution >= 0.6 is 0 Å². The van der Waals surface area contributed by atoms with Crippen LogP contribution in [-0.4, -0.2) is 43.3 Å². The molecule has 5 nitrogen and oxygen atoms in total. The largest absolute Gasteiger partial charge is 0.488 e. The molecule has 2 fully saturated rings. The zero-order valence-electron chi connectivity index (χ0n) is 14.8. The number of hydrogen-bond acceptors (Lipinski definition) is 3. The highest BCUT2D eigenvalue weighted by molar-refractivity contribution is 5.78. The molecule has 2 aliphatic heterocycles. The van der Waals surface area contributed by atoms with Crippen molar-refractivity contribution in [2.75, 3.05) is 26.3 Å². The number of piperidine rings is 1. The fraction of sp³-hybridized carbons (Fsp3) is 0.632. The molecule has 2 heterocycles. The van der Waals surface area contributed by atoms with Gasteiger partial charge in [-0.05, 0) is 37.3 Å². The molecule has 1 atom stereocenters. The minimum absolute atomic E-state index is 0.149. The molecule has 0 aliphatic carbocycles. The van der Waals surface area contributed by atoms with E-state index in [1.54, 1.807) is 0 Å². The van der Waals surface area contributed by atoms with Crippen molar-refractivity contribution in [1.82, 2.24) is 4.90 Å². The first-order chi connectivity index (χ1) is 11.6. The second-order valence-electron chi connectivity index (χ2n) is 7.06. The van der Waals surface area contributed by atoms with E-state index in [-0.39, 0.29) is 6.10 Å². The Balaban J connectivity index is 1.66. The first-order valence-electron chi connectivity index (χ1n) is 9.00. The normalized spacial score (nSPS) is 22.8. The molecule has 2 saturated heterocycles. The highest BCUT2D eigenvalue weighted by atomic mass is 16.5. The van der Waals surface area contributed by atoms with Gasteiger partial charge in [-0.15, -0.1) is 0 Å². The number of guanidine groups is 1. The lowest BCUT2D eigenvalue weighted by Crippen LogP contribution is -2.42. The van der Waals surface area contributed by atoms with Gasteiger partial charge in [0.05, 0.1) is 19.8 Å². The van der Waals surface area contributed by atoms with Crippen molar-refractivity contribution >= 4 is 5.96 Å². The molecule has 0 saturated carbocycles. The Morgan fingerprint density at radius 2 is 2.12 bits per heavy atom. The van der Waals surface area contributed by atoms with Crippen molar-refractivity contribution in [2.45, 2.75) is 45.8 Å². The van der Waals surface area contributed by atoms with E-state index < -0.39 is 0 Å². The highest BCUT2D eigenvalue weighted by Crippen LogP contribution is 2.25. The van der Waals surface area contributed by atoms with Crippen LogP contribution in [0.3, 0.4) is 0 Å². The van der Waals surface area contributed by atoms with Gasteiger partial charge in [0.15, 0.2) is 5.96 Å². The molecule has 2 N–H and O–H groups in total. The van der Waals surface area contributed by atoms with Crippen molar-refractivity contribution in [2.24, 2.45) is 16.6 Å². The minimum Gasteiger partial charge on any atom is -0.488 e. The number of benzene rings is 1. The maximum Gasteiger partial charge on any atom is 0.191 e. The van der Waals surface area contributed by atoms with Crippen molar-refractivity contribution in [3.63, 3.8) is 0 Å². The third kappa shape index (κ3) is 4.41. The number of rotatable bonds is 4. The maximum absolute atomic E-state index is 6.20. The van der Waals surface area contributed by atoms with Gasteiger partial charge in [0, 0.05) is 25.1 Å². The molecule has 3 rings (SSSR count). The summed E-state index contributed by atoms with van der Waals surface area (Å²) in [4.78, 5) is 6.81. The van der Waals surface area contributed by atoms with E-state index >= 15 is 0 Å². The molecule has 0 spiro atoms. The summed E-state index contributed by atoms with van der Waals surface area (Å²) in [5.41, 5.74) is 8.47. The first-order valence-corrected chi connectivity index (χ1v) is 9.00. The molecule has 5 heteroatoms. The number of aryl methyl sites for hydroxylation is 1. The zero-order valence-corrected chi connectivity index (χ0v) is 14.8. The molecule has 24 heavy (non-hydrogen) atoms. The predicted molar refractivity (Wildman–Crippen MR) is 96.3 cm³/mol. The molecular formula is C19H29N3O2. The van der Waals surface area contributed by atoms with Crippen LogP contribution in [0.2, 0.25) is 0 Å². The van der Waals surface area contributed by atoms with Crippen LogP contribution in [0, 0.1) is 12.8 Å². The van der Waals surface area contributed by atoms with Crippen LogP contribution in [0.25, 0.3) is 0 Å². The van der Waals surface area contributed by atoms with Gasteiger partial charge in [0.25, 0.3) is 0 Å². The van der Waals surface area contributed by atoms with Crippen molar-refractivity contribution in [3.8, 4) is 5.75 Å². The van der Waals surface area contributed by atoms with E-state index in [2.05, 4.69) is 41.9 Å². The monoisotopic (exact) mass is 331 g/mol. The number of hydrogen-bond donors (Lipinski definition) is 1. The topological polar surface area (TPSA) is 60.1 Å². The Bertz CT molecular complexity index is 574. The van der Waals surface area contributed by atoms with Gasteiger partial charge < -0.3 is 20.1 Å². The van der Waals surface area contributed by atoms with Gasteiger partial charge in [-0.3, -0.25) is 0 Å². The average Bonchev–Trinajstić information content (AvgIpc) is 3.07. The Morgan fingerprint density at radius 1 is 1.33 bits per heavy atom. The molecule has 0 amide bonds. The average molecular weight is 331 g/mol. The van der Waals surface area contributed by atoms with Crippen LogP contribution < -0.4 is 10.5 Å². The van der Waals surface area contributed by atoms with Crippen LogP contribution in [0.1, 0.15) is 37.3 Å². The molecule has 2 aliphatic rings. The van der Waals surface area contributed by atoms with Crippen LogP contribution in [0.4, 0.5) is 0 Å². The molecule has 0 radical (unpaired) electrons. The van der Waals surface area contributed by atoms with E-state index in [1.807, 2.05) is 0 Å². The van der Waals surface area contributed by atoms with Gasteiger partial charge in [-0.25, -0.2) is 4.99 Å². The fourth-order valence-electron chi connectivity index (χ4n) is 3.19. The summed E-state index contributed by atoms with van der Waals surface area (Å²) in [6, 6.07) is 6.28. The third-order valence-electron chi connectivity index (χ3n) is 4.92. The van der Waals surface area contributed by atoms with Gasteiger partial charge in [-0.2, -0.15) is 0 Å². The van der Waals surface area contributed by atoms with Crippen molar-refractivity contribution in [3.05, 3.63) is 29.3 Å². The smallest absolute Gasteiger partial charge is 0.191 e. The van der Waals surface area contributed by atoms with Crippen LogP contribution in [0.15, 0.2) is 23.2 Å². The lowest BCUT2D eigenvalue weighted by atomic mass is 10.00. The van der Waals surface area contributed by atoms with Gasteiger partial charge in [0.1, 0.15) is 11.9 Å². The number of nitrogens with zero attached hydrogens (tertiary/aromatic N) is 2. The molecule has 0 aromatic heterocycles. The molecule has 1 unspecified atom stereocenters. The van der Waals surface area contributed by atoms with Crippen molar-refractivity contribution in [1.29, 1.82) is 0 Å². The zero-order chi connectivity index (χ0) is 16.9. The second kappa shape index (κ2) is 7.88. The summed E-state index contributed by atoms with van der Waals surface area (Å²) >= 11 is 0. The molecular weight excluding hydrogens is 302 g/mol. The van der Waals surface area contributed by atoms with E-state index in [0.29, 0.717) is 19.1 Å². The summed E-state index contributed by atoms with van der Waals surface area (Å²) in [5, 5.41) is 0. The SMILES string of the molecule is Cc1ccc(CN=C(N)N2CCC(C)CC2)c(OC2CCOC2)c1. The molecule has 0 bridgehead atoms. The maximum atomic E-state index is 6.20. The predicted octanol–water partition coefficient (Wildman–Crippen LogP) is 2.71. The molecule has 132 valence electrons. The summed E-state index contributed by atoms with van der Waals surface area (Å²) in [5.74, 6) is 2.35. The number of nitrogens with two attached hydrogens (primary N) is 1. The Labute approximate surface area is 144 Å². The number of aliphatic imine (C=N–C) groups is 1. The Kier molecular flexibility index (Phi) is 5.61. The quantitative estimate of drug-likeness (QED) is 0.681. The van der Waals surface area contributed by atoms with E-state index in [0.717, 1.165) is 43.3 Å². The van der Waals surface area contributed by atoms with Crippen LogP contribution in [0.5, 0.6) is 5.75 Å². The lowest BCUT2D eigenvalue weighted by molar-refractivity contribution is 0.140. The summed E-state index contributed by atoms with van der Waals surface area (Å²) in [6.07, 6.45) is 3.48. The Hall–Kier alpha value is -1.75.